The molecule has 1 aliphatic heterocycles. The second kappa shape index (κ2) is 7.54. The minimum Gasteiger partial charge on any atom is -0.550 e. The van der Waals surface area contributed by atoms with Crippen LogP contribution in [0.2, 0.25) is 0 Å². The van der Waals surface area contributed by atoms with Crippen molar-refractivity contribution in [1.29, 1.82) is 0 Å². The lowest BCUT2D eigenvalue weighted by Crippen LogP contribution is -2.50. The Hall–Kier alpha value is -2.26. The number of aliphatic carboxylic acids is 2. The smallest absolute Gasteiger partial charge is 0.266 e. The summed E-state index contributed by atoms with van der Waals surface area (Å²) in [5.41, 5.74) is 0.151. The van der Waals surface area contributed by atoms with Gasteiger partial charge in [-0.1, -0.05) is 42.2 Å². The number of amides is 1. The molecule has 0 aliphatic carbocycles. The van der Waals surface area contributed by atoms with Gasteiger partial charge < -0.3 is 19.8 Å². The van der Waals surface area contributed by atoms with Crippen molar-refractivity contribution in [1.82, 2.24) is 4.90 Å². The van der Waals surface area contributed by atoms with Gasteiger partial charge in [-0.05, 0) is 25.0 Å². The van der Waals surface area contributed by atoms with Crippen LogP contribution in [0.3, 0.4) is 0 Å². The van der Waals surface area contributed by atoms with Gasteiger partial charge in [0.2, 0.25) is 0 Å². The van der Waals surface area contributed by atoms with Gasteiger partial charge in [-0.2, -0.15) is 0 Å². The molecule has 0 spiro atoms. The summed E-state index contributed by atoms with van der Waals surface area (Å²) in [6.45, 7) is 0. The predicted octanol–water partition coefficient (Wildman–Crippen LogP) is -0.324. The number of thiocarbonyl (C=S) groups is 1. The van der Waals surface area contributed by atoms with Crippen LogP contribution in [-0.4, -0.2) is 33.1 Å². The van der Waals surface area contributed by atoms with Crippen molar-refractivity contribution in [2.45, 2.75) is 18.9 Å². The molecular weight excluding hydrogens is 357 g/mol. The fourth-order valence-corrected chi connectivity index (χ4v) is 3.44. The Morgan fingerprint density at radius 3 is 2.58 bits per heavy atom. The lowest BCUT2D eigenvalue weighted by molar-refractivity contribution is -0.311. The summed E-state index contributed by atoms with van der Waals surface area (Å²) in [6, 6.07) is 4.22. The second-order valence-corrected chi connectivity index (χ2v) is 6.49. The van der Waals surface area contributed by atoms with Crippen molar-refractivity contribution in [3.63, 3.8) is 0 Å². The molecule has 6 nitrogen and oxygen atoms in total. The topological polar surface area (TPSA) is 101 Å². The number of nitrogens with zero attached hydrogens (tertiary/aromatic N) is 1. The number of carboxylic acid groups (broad SMARTS) is 2. The maximum absolute atomic E-state index is 13.7. The van der Waals surface area contributed by atoms with Crippen LogP contribution >= 0.6 is 24.0 Å². The number of carboxylic acids is 2. The predicted molar refractivity (Wildman–Crippen MR) is 84.4 cm³/mol. The van der Waals surface area contributed by atoms with Crippen LogP contribution in [0.1, 0.15) is 18.4 Å². The van der Waals surface area contributed by atoms with Gasteiger partial charge in [-0.25, -0.2) is 4.39 Å². The number of rotatable bonds is 6. The van der Waals surface area contributed by atoms with Crippen LogP contribution in [0.25, 0.3) is 6.08 Å². The summed E-state index contributed by atoms with van der Waals surface area (Å²) in [7, 11) is 0. The molecule has 0 saturated carbocycles. The largest absolute Gasteiger partial charge is 0.550 e. The van der Waals surface area contributed by atoms with Crippen molar-refractivity contribution >= 4 is 52.2 Å². The van der Waals surface area contributed by atoms with Crippen molar-refractivity contribution in [2.24, 2.45) is 0 Å². The van der Waals surface area contributed by atoms with E-state index in [1.165, 1.54) is 24.3 Å². The molecule has 1 aromatic rings. The molecule has 1 aromatic carbocycles. The molecule has 1 heterocycles. The van der Waals surface area contributed by atoms with E-state index in [-0.39, 0.29) is 14.8 Å². The lowest BCUT2D eigenvalue weighted by Gasteiger charge is -2.27. The first kappa shape index (κ1) is 18.1. The Morgan fingerprint density at radius 2 is 2.00 bits per heavy atom. The van der Waals surface area contributed by atoms with Gasteiger partial charge in [0.15, 0.2) is 0 Å². The fraction of sp³-hybridized carbons (Fsp3) is 0.200. The highest BCUT2D eigenvalue weighted by molar-refractivity contribution is 8.26. The van der Waals surface area contributed by atoms with E-state index in [0.717, 1.165) is 16.7 Å². The first-order chi connectivity index (χ1) is 11.3. The van der Waals surface area contributed by atoms with Crippen LogP contribution < -0.4 is 10.2 Å². The molecule has 1 saturated heterocycles. The van der Waals surface area contributed by atoms with E-state index in [9.17, 15) is 29.0 Å². The molecule has 1 fully saturated rings. The maximum Gasteiger partial charge on any atom is 0.266 e. The molecule has 0 radical (unpaired) electrons. The number of halogens is 1. The van der Waals surface area contributed by atoms with E-state index in [4.69, 9.17) is 12.2 Å². The molecule has 9 heteroatoms. The molecule has 0 bridgehead atoms. The summed E-state index contributed by atoms with van der Waals surface area (Å²) in [5.74, 6) is -4.36. The number of thioether (sulfide) groups is 1. The van der Waals surface area contributed by atoms with E-state index in [1.54, 1.807) is 6.07 Å². The van der Waals surface area contributed by atoms with Crippen molar-refractivity contribution in [3.8, 4) is 0 Å². The van der Waals surface area contributed by atoms with Crippen molar-refractivity contribution in [3.05, 3.63) is 40.6 Å². The fourth-order valence-electron chi connectivity index (χ4n) is 2.09. The summed E-state index contributed by atoms with van der Waals surface area (Å²) in [5, 5.41) is 21.8. The van der Waals surface area contributed by atoms with E-state index in [0.29, 0.717) is 0 Å². The Morgan fingerprint density at radius 1 is 1.33 bits per heavy atom. The van der Waals surface area contributed by atoms with E-state index in [1.807, 2.05) is 0 Å². The van der Waals surface area contributed by atoms with Gasteiger partial charge in [0.1, 0.15) is 10.1 Å². The Labute approximate surface area is 146 Å². The number of hydrogen-bond donors (Lipinski definition) is 0. The van der Waals surface area contributed by atoms with E-state index < -0.39 is 42.5 Å². The Kier molecular flexibility index (Phi) is 5.68. The molecule has 2 rings (SSSR count). The molecule has 0 aromatic heterocycles. The first-order valence-electron chi connectivity index (χ1n) is 6.73. The monoisotopic (exact) mass is 367 g/mol. The number of carbonyl (C=O) groups excluding carboxylic acids is 3. The molecule has 1 aliphatic rings. The third-order valence-corrected chi connectivity index (χ3v) is 4.55. The quantitative estimate of drug-likeness (QED) is 0.501. The van der Waals surface area contributed by atoms with Gasteiger partial charge in [-0.3, -0.25) is 9.69 Å². The highest BCUT2D eigenvalue weighted by Crippen LogP contribution is 2.35. The van der Waals surface area contributed by atoms with Gasteiger partial charge >= 0.3 is 0 Å². The number of benzene rings is 1. The van der Waals surface area contributed by atoms with Crippen LogP contribution in [0, 0.1) is 5.82 Å². The molecule has 1 amide bonds. The Bertz CT molecular complexity index is 749. The highest BCUT2D eigenvalue weighted by Gasteiger charge is 2.37. The number of carbonyl (C=O) groups is 3. The average molecular weight is 367 g/mol. The van der Waals surface area contributed by atoms with E-state index in [2.05, 4.69) is 0 Å². The van der Waals surface area contributed by atoms with Gasteiger partial charge in [0, 0.05) is 11.5 Å². The van der Waals surface area contributed by atoms with Crippen LogP contribution in [0.5, 0.6) is 0 Å². The third-order valence-electron chi connectivity index (χ3n) is 3.22. The summed E-state index contributed by atoms with van der Waals surface area (Å²) >= 11 is 5.81. The van der Waals surface area contributed by atoms with E-state index >= 15 is 0 Å². The minimum atomic E-state index is -1.63. The average Bonchev–Trinajstić information content (AvgIpc) is 2.77. The second-order valence-electron chi connectivity index (χ2n) is 4.82. The maximum atomic E-state index is 13.7. The zero-order chi connectivity index (χ0) is 17.9. The van der Waals surface area contributed by atoms with Gasteiger partial charge in [0.25, 0.3) is 5.91 Å². The van der Waals surface area contributed by atoms with Gasteiger partial charge in [0.05, 0.1) is 16.9 Å². The SMILES string of the molecule is O=C([O-])CC[C@H](C(=O)[O-])N1C(=O)/C(=C/c2ccccc2F)SC1=S. The Balaban J connectivity index is 2.28. The zero-order valence-electron chi connectivity index (χ0n) is 12.1. The molecule has 0 unspecified atom stereocenters. The minimum absolute atomic E-state index is 0.0461. The van der Waals surface area contributed by atoms with Gasteiger partial charge in [-0.15, -0.1) is 0 Å². The van der Waals surface area contributed by atoms with Crippen LogP contribution in [0.15, 0.2) is 29.2 Å². The standard InChI is InChI=1S/C15H12FNO5S2/c16-9-4-2-1-3-8(9)7-11-13(20)17(15(23)24-11)10(14(21)22)5-6-12(18)19/h1-4,7,10H,5-6H2,(H,18,19)(H,21,22)/p-2/b11-7-/t10-/m1/s1. The molecule has 1 atom stereocenters. The summed E-state index contributed by atoms with van der Waals surface area (Å²) in [4.78, 5) is 35.0. The van der Waals surface area contributed by atoms with Crippen LogP contribution in [-0.2, 0) is 14.4 Å². The lowest BCUT2D eigenvalue weighted by atomic mass is 10.1. The number of hydrogen-bond acceptors (Lipinski definition) is 7. The zero-order valence-corrected chi connectivity index (χ0v) is 13.7. The van der Waals surface area contributed by atoms with Crippen molar-refractivity contribution in [2.75, 3.05) is 0 Å². The summed E-state index contributed by atoms with van der Waals surface area (Å²) in [6.07, 6.45) is 0.297. The molecule has 126 valence electrons. The van der Waals surface area contributed by atoms with Crippen LogP contribution in [0.4, 0.5) is 4.39 Å². The normalized spacial score (nSPS) is 17.4. The molecule has 24 heavy (non-hydrogen) atoms. The highest BCUT2D eigenvalue weighted by atomic mass is 32.2. The summed E-state index contributed by atoms with van der Waals surface area (Å²) < 4.78 is 13.6. The molecule has 0 N–H and O–H groups in total. The molecular formula is C15H10FNO5S2-2. The first-order valence-corrected chi connectivity index (χ1v) is 7.96. The third kappa shape index (κ3) is 3.98. The van der Waals surface area contributed by atoms with Crippen molar-refractivity contribution < 1.29 is 29.0 Å².